The second kappa shape index (κ2) is 13.5. The van der Waals surface area contributed by atoms with E-state index in [1.54, 1.807) is 0 Å². The van der Waals surface area contributed by atoms with E-state index in [0.29, 0.717) is 5.56 Å². The van der Waals surface area contributed by atoms with Crippen molar-refractivity contribution in [3.63, 3.8) is 0 Å². The molecule has 0 radical (unpaired) electrons. The monoisotopic (exact) mass is 645 g/mol. The van der Waals surface area contributed by atoms with Gasteiger partial charge in [0.2, 0.25) is 5.69 Å². The molecule has 0 amide bonds. The highest BCUT2D eigenvalue weighted by Crippen LogP contribution is 2.22. The van der Waals surface area contributed by atoms with Crippen LogP contribution >= 0.6 is 0 Å². The number of oxime groups is 1. The van der Waals surface area contributed by atoms with Gasteiger partial charge < -0.3 is 53.2 Å². The Morgan fingerprint density at radius 2 is 1.55 bits per heavy atom. The number of ketones is 1. The zero-order valence-corrected chi connectivity index (χ0v) is 22.8. The van der Waals surface area contributed by atoms with Crippen molar-refractivity contribution in [1.29, 1.82) is 0 Å². The SMILES string of the molecule is C[n+]1cccc(C(=O)c2ccc(C(C)(C)C)cc2)c1.C[n+]1ccccc1C=NO.[I-].[I-]. The molecule has 0 fully saturated rings. The molecular formula is C24H29I2N3O2. The first-order valence-corrected chi connectivity index (χ1v) is 9.45. The quantitative estimate of drug-likeness (QED) is 0.0848. The van der Waals surface area contributed by atoms with Gasteiger partial charge in [0, 0.05) is 23.8 Å². The molecular weight excluding hydrogens is 616 g/mol. The number of hydrogen-bond acceptors (Lipinski definition) is 3. The highest BCUT2D eigenvalue weighted by Gasteiger charge is 2.16. The van der Waals surface area contributed by atoms with Crippen LogP contribution in [0.3, 0.4) is 0 Å². The van der Waals surface area contributed by atoms with E-state index >= 15 is 0 Å². The van der Waals surface area contributed by atoms with Gasteiger partial charge in [-0.05, 0) is 23.1 Å². The van der Waals surface area contributed by atoms with E-state index in [2.05, 4.69) is 25.9 Å². The largest absolute Gasteiger partial charge is 1.00 e. The second-order valence-electron chi connectivity index (χ2n) is 7.90. The zero-order valence-electron chi connectivity index (χ0n) is 18.5. The van der Waals surface area contributed by atoms with E-state index in [9.17, 15) is 4.79 Å². The standard InChI is InChI=1S/C17H20NO.C7H8N2O.2HI/c1-17(2,3)15-9-7-13(8-10-15)16(19)14-6-5-11-18(4)12-14;1-9-5-3-2-4-7(9)6-8-10;;/h5-12H,1-4H3;2-6H,1H3;2*1H/q+1;;;/p-1. The number of hydrogen-bond donors (Lipinski definition) is 1. The molecule has 3 aromatic rings. The Kier molecular flexibility index (Phi) is 12.7. The van der Waals surface area contributed by atoms with Crippen LogP contribution in [0.25, 0.3) is 0 Å². The summed E-state index contributed by atoms with van der Waals surface area (Å²) in [5, 5.41) is 11.1. The van der Waals surface area contributed by atoms with Crippen LogP contribution in [0.4, 0.5) is 0 Å². The fraction of sp³-hybridized carbons (Fsp3) is 0.250. The molecule has 0 saturated heterocycles. The molecule has 0 bridgehead atoms. The summed E-state index contributed by atoms with van der Waals surface area (Å²) in [5.41, 5.74) is 3.67. The van der Waals surface area contributed by atoms with Crippen LogP contribution in [-0.2, 0) is 19.5 Å². The number of carbonyl (C=O) groups is 1. The predicted molar refractivity (Wildman–Crippen MR) is 113 cm³/mol. The zero-order chi connectivity index (χ0) is 21.4. The Labute approximate surface area is 218 Å². The molecule has 1 aromatic carbocycles. The molecule has 7 heteroatoms. The number of halogens is 2. The van der Waals surface area contributed by atoms with Crippen LogP contribution in [0.5, 0.6) is 0 Å². The molecule has 31 heavy (non-hydrogen) atoms. The van der Waals surface area contributed by atoms with Crippen molar-refractivity contribution in [2.75, 3.05) is 0 Å². The lowest BCUT2D eigenvalue weighted by Crippen LogP contribution is -3.00. The molecule has 5 nitrogen and oxygen atoms in total. The average Bonchev–Trinajstić information content (AvgIpc) is 2.69. The van der Waals surface area contributed by atoms with Crippen molar-refractivity contribution in [2.45, 2.75) is 26.2 Å². The molecule has 2 aromatic heterocycles. The van der Waals surface area contributed by atoms with Gasteiger partial charge in [0.15, 0.2) is 24.4 Å². The first-order chi connectivity index (χ1) is 13.7. The van der Waals surface area contributed by atoms with Gasteiger partial charge in [0.05, 0.1) is 5.56 Å². The van der Waals surface area contributed by atoms with Crippen LogP contribution in [0.2, 0.25) is 0 Å². The van der Waals surface area contributed by atoms with Crippen LogP contribution in [0.15, 0.2) is 78.3 Å². The highest BCUT2D eigenvalue weighted by atomic mass is 127. The fourth-order valence-electron chi connectivity index (χ4n) is 2.74. The third kappa shape index (κ3) is 9.02. The summed E-state index contributed by atoms with van der Waals surface area (Å²) >= 11 is 0. The number of benzene rings is 1. The number of aryl methyl sites for hydroxylation is 2. The van der Waals surface area contributed by atoms with Gasteiger partial charge in [-0.15, -0.1) is 0 Å². The summed E-state index contributed by atoms with van der Waals surface area (Å²) in [7, 11) is 3.80. The van der Waals surface area contributed by atoms with Crippen LogP contribution in [0, 0.1) is 0 Å². The maximum Gasteiger partial charge on any atom is 0.226 e. The minimum Gasteiger partial charge on any atom is -1.00 e. The normalized spacial score (nSPS) is 10.4. The van der Waals surface area contributed by atoms with Crippen LogP contribution < -0.4 is 57.1 Å². The number of rotatable bonds is 3. The average molecular weight is 645 g/mol. The van der Waals surface area contributed by atoms with Crippen molar-refractivity contribution in [1.82, 2.24) is 0 Å². The minimum atomic E-state index is 0. The van der Waals surface area contributed by atoms with E-state index < -0.39 is 0 Å². The lowest BCUT2D eigenvalue weighted by Gasteiger charge is -2.18. The van der Waals surface area contributed by atoms with Gasteiger partial charge in [-0.25, -0.2) is 9.13 Å². The molecule has 0 atom stereocenters. The van der Waals surface area contributed by atoms with E-state index in [-0.39, 0.29) is 59.2 Å². The summed E-state index contributed by atoms with van der Waals surface area (Å²) in [5.74, 6) is 0.0664. The lowest BCUT2D eigenvalue weighted by molar-refractivity contribution is -0.672. The summed E-state index contributed by atoms with van der Waals surface area (Å²) in [6.07, 6.45) is 7.04. The van der Waals surface area contributed by atoms with Gasteiger partial charge >= 0.3 is 0 Å². The summed E-state index contributed by atoms with van der Waals surface area (Å²) in [4.78, 5) is 12.3. The van der Waals surface area contributed by atoms with Crippen LogP contribution in [-0.4, -0.2) is 17.2 Å². The van der Waals surface area contributed by atoms with Gasteiger partial charge in [-0.3, -0.25) is 4.79 Å². The van der Waals surface area contributed by atoms with Gasteiger partial charge in [-0.2, -0.15) is 0 Å². The molecule has 0 aliphatic heterocycles. The Balaban J connectivity index is 0.000000643. The molecule has 2 heterocycles. The predicted octanol–water partition coefficient (Wildman–Crippen LogP) is -2.63. The summed E-state index contributed by atoms with van der Waals surface area (Å²) in [6.45, 7) is 6.50. The van der Waals surface area contributed by atoms with E-state index in [1.807, 2.05) is 96.4 Å². The topological polar surface area (TPSA) is 57.4 Å². The maximum absolute atomic E-state index is 12.3. The van der Waals surface area contributed by atoms with E-state index in [1.165, 1.54) is 11.8 Å². The molecule has 0 aliphatic rings. The molecule has 3 rings (SSSR count). The maximum atomic E-state index is 12.3. The molecule has 1 N–H and O–H groups in total. The molecule has 0 saturated carbocycles. The van der Waals surface area contributed by atoms with E-state index in [4.69, 9.17) is 5.21 Å². The van der Waals surface area contributed by atoms with Crippen molar-refractivity contribution in [3.05, 3.63) is 95.6 Å². The first-order valence-electron chi connectivity index (χ1n) is 9.45. The number of pyridine rings is 2. The van der Waals surface area contributed by atoms with Gasteiger partial charge in [-0.1, -0.05) is 50.2 Å². The van der Waals surface area contributed by atoms with Crippen LogP contribution in [0.1, 0.15) is 48.0 Å². The van der Waals surface area contributed by atoms with Crippen molar-refractivity contribution >= 4 is 12.0 Å². The Bertz CT molecular complexity index is 998. The molecule has 0 spiro atoms. The Hall–Kier alpha value is -1.88. The summed E-state index contributed by atoms with van der Waals surface area (Å²) < 4.78 is 3.75. The molecule has 166 valence electrons. The highest BCUT2D eigenvalue weighted by molar-refractivity contribution is 6.08. The first kappa shape index (κ1) is 29.1. The third-order valence-corrected chi connectivity index (χ3v) is 4.50. The molecule has 0 aliphatic carbocycles. The Morgan fingerprint density at radius 1 is 0.903 bits per heavy atom. The smallest absolute Gasteiger partial charge is 0.226 e. The number of aromatic nitrogens is 2. The van der Waals surface area contributed by atoms with Gasteiger partial charge in [0.25, 0.3) is 0 Å². The van der Waals surface area contributed by atoms with Crippen molar-refractivity contribution in [2.24, 2.45) is 19.3 Å². The molecule has 0 unspecified atom stereocenters. The third-order valence-electron chi connectivity index (χ3n) is 4.50. The summed E-state index contributed by atoms with van der Waals surface area (Å²) in [6, 6.07) is 17.3. The minimum absolute atomic E-state index is 0. The van der Waals surface area contributed by atoms with Gasteiger partial charge in [0.1, 0.15) is 20.3 Å². The number of carbonyl (C=O) groups excluding carboxylic acids is 1. The second-order valence-corrected chi connectivity index (χ2v) is 7.90. The van der Waals surface area contributed by atoms with Crippen molar-refractivity contribution < 1.29 is 67.1 Å². The Morgan fingerprint density at radius 3 is 2.06 bits per heavy atom. The van der Waals surface area contributed by atoms with E-state index in [0.717, 1.165) is 11.3 Å². The number of nitrogens with zero attached hydrogens (tertiary/aromatic N) is 3. The van der Waals surface area contributed by atoms with Crippen molar-refractivity contribution in [3.8, 4) is 0 Å². The fourth-order valence-corrected chi connectivity index (χ4v) is 2.74. The lowest BCUT2D eigenvalue weighted by atomic mass is 9.86.